The fourth-order valence-electron chi connectivity index (χ4n) is 1.03. The number of epoxide rings is 1. The Kier molecular flexibility index (Phi) is 2.29. The lowest BCUT2D eigenvalue weighted by atomic mass is 10.1. The Morgan fingerprint density at radius 1 is 1.78 bits per heavy atom. The van der Waals surface area contributed by atoms with Gasteiger partial charge in [0.25, 0.3) is 0 Å². The molecule has 0 saturated carbocycles. The molecule has 0 radical (unpaired) electrons. The molecule has 1 saturated heterocycles. The maximum Gasteiger partial charge on any atom is 0.0815 e. The fraction of sp³-hybridized carbons (Fsp3) is 0.750. The van der Waals surface area contributed by atoms with Crippen LogP contribution in [0, 0.1) is 5.92 Å². The minimum atomic E-state index is 0.580. The molecule has 0 unspecified atom stereocenters. The van der Waals surface area contributed by atoms with Crippen molar-refractivity contribution in [1.82, 2.24) is 0 Å². The highest BCUT2D eigenvalue weighted by Gasteiger charge is 2.23. The molecule has 1 nitrogen and oxygen atoms in total. The van der Waals surface area contributed by atoms with E-state index in [0.717, 1.165) is 6.61 Å². The van der Waals surface area contributed by atoms with E-state index in [-0.39, 0.29) is 0 Å². The molecule has 1 aliphatic heterocycles. The second-order valence-corrected chi connectivity index (χ2v) is 2.69. The first-order chi connectivity index (χ1) is 4.33. The van der Waals surface area contributed by atoms with Crippen molar-refractivity contribution in [2.75, 3.05) is 6.61 Å². The van der Waals surface area contributed by atoms with E-state index in [2.05, 4.69) is 26.0 Å². The zero-order valence-corrected chi connectivity index (χ0v) is 6.13. The average Bonchev–Trinajstić information content (AvgIpc) is 2.50. The molecule has 1 heteroatoms. The third kappa shape index (κ3) is 2.66. The number of allylic oxidation sites excluding steroid dienone is 2. The van der Waals surface area contributed by atoms with Gasteiger partial charge in [-0.05, 0) is 19.3 Å². The van der Waals surface area contributed by atoms with Gasteiger partial charge in [-0.3, -0.25) is 0 Å². The van der Waals surface area contributed by atoms with Gasteiger partial charge in [-0.25, -0.2) is 0 Å². The van der Waals surface area contributed by atoms with Crippen LogP contribution in [0.25, 0.3) is 0 Å². The maximum atomic E-state index is 5.09. The summed E-state index contributed by atoms with van der Waals surface area (Å²) >= 11 is 0. The summed E-state index contributed by atoms with van der Waals surface area (Å²) < 4.78 is 5.09. The van der Waals surface area contributed by atoms with E-state index in [4.69, 9.17) is 4.74 Å². The van der Waals surface area contributed by atoms with Crippen LogP contribution in [0.4, 0.5) is 0 Å². The third-order valence-corrected chi connectivity index (χ3v) is 1.56. The lowest BCUT2D eigenvalue weighted by molar-refractivity contribution is 0.379. The summed E-state index contributed by atoms with van der Waals surface area (Å²) in [5.74, 6) is 0.697. The highest BCUT2D eigenvalue weighted by atomic mass is 16.6. The molecular weight excluding hydrogens is 112 g/mol. The lowest BCUT2D eigenvalue weighted by Crippen LogP contribution is -1.94. The fourth-order valence-corrected chi connectivity index (χ4v) is 1.03. The highest BCUT2D eigenvalue weighted by Crippen LogP contribution is 2.19. The van der Waals surface area contributed by atoms with Gasteiger partial charge in [0.2, 0.25) is 0 Å². The molecule has 9 heavy (non-hydrogen) atoms. The first kappa shape index (κ1) is 6.81. The van der Waals surface area contributed by atoms with E-state index < -0.39 is 0 Å². The molecule has 2 atom stereocenters. The number of hydrogen-bond donors (Lipinski definition) is 0. The molecule has 1 aliphatic rings. The van der Waals surface area contributed by atoms with Crippen molar-refractivity contribution in [1.29, 1.82) is 0 Å². The molecule has 0 aromatic rings. The van der Waals surface area contributed by atoms with Gasteiger partial charge in [0.15, 0.2) is 0 Å². The second kappa shape index (κ2) is 3.02. The predicted molar refractivity (Wildman–Crippen MR) is 38.3 cm³/mol. The molecule has 1 fully saturated rings. The zero-order chi connectivity index (χ0) is 6.69. The van der Waals surface area contributed by atoms with Crippen LogP contribution in [0.15, 0.2) is 12.2 Å². The summed E-state index contributed by atoms with van der Waals surface area (Å²) in [7, 11) is 0. The van der Waals surface area contributed by atoms with Crippen molar-refractivity contribution in [3.05, 3.63) is 12.2 Å². The van der Waals surface area contributed by atoms with E-state index in [0.29, 0.717) is 12.0 Å². The Morgan fingerprint density at radius 3 is 2.89 bits per heavy atom. The SMILES string of the molecule is C/C=C/[C@@H](C)C[C@@H]1CO1. The van der Waals surface area contributed by atoms with Crippen LogP contribution < -0.4 is 0 Å². The third-order valence-electron chi connectivity index (χ3n) is 1.56. The van der Waals surface area contributed by atoms with Gasteiger partial charge in [-0.2, -0.15) is 0 Å². The number of ether oxygens (including phenoxy) is 1. The second-order valence-electron chi connectivity index (χ2n) is 2.69. The molecule has 0 bridgehead atoms. The molecule has 0 aromatic heterocycles. The molecule has 52 valence electrons. The van der Waals surface area contributed by atoms with Crippen LogP contribution in [0.2, 0.25) is 0 Å². The smallest absolute Gasteiger partial charge is 0.0815 e. The van der Waals surface area contributed by atoms with Crippen molar-refractivity contribution in [2.45, 2.75) is 26.4 Å². The molecule has 1 heterocycles. The van der Waals surface area contributed by atoms with Crippen molar-refractivity contribution in [3.63, 3.8) is 0 Å². The minimum Gasteiger partial charge on any atom is -0.373 e. The number of rotatable bonds is 3. The molecule has 0 aromatic carbocycles. The Hall–Kier alpha value is -0.300. The van der Waals surface area contributed by atoms with Gasteiger partial charge in [0.1, 0.15) is 0 Å². The Labute approximate surface area is 56.7 Å². The predicted octanol–water partition coefficient (Wildman–Crippen LogP) is 1.99. The standard InChI is InChI=1S/C8H14O/c1-3-4-7(2)5-8-6-9-8/h3-4,7-8H,5-6H2,1-2H3/b4-3+/t7-,8-/m1/s1. The van der Waals surface area contributed by atoms with Crippen LogP contribution in [0.1, 0.15) is 20.3 Å². The highest BCUT2D eigenvalue weighted by molar-refractivity contribution is 4.86. The largest absolute Gasteiger partial charge is 0.373 e. The van der Waals surface area contributed by atoms with E-state index >= 15 is 0 Å². The van der Waals surface area contributed by atoms with Gasteiger partial charge in [-0.15, -0.1) is 0 Å². The van der Waals surface area contributed by atoms with Gasteiger partial charge in [0.05, 0.1) is 12.7 Å². The first-order valence-corrected chi connectivity index (χ1v) is 3.57. The molecule has 1 rings (SSSR count). The van der Waals surface area contributed by atoms with Crippen LogP contribution in [-0.2, 0) is 4.74 Å². The molecular formula is C8H14O. The van der Waals surface area contributed by atoms with Gasteiger partial charge in [0, 0.05) is 0 Å². The Morgan fingerprint density at radius 2 is 2.44 bits per heavy atom. The Balaban J connectivity index is 2.09. The van der Waals surface area contributed by atoms with Crippen LogP contribution in [-0.4, -0.2) is 12.7 Å². The summed E-state index contributed by atoms with van der Waals surface area (Å²) in [6.45, 7) is 5.27. The summed E-state index contributed by atoms with van der Waals surface area (Å²) in [4.78, 5) is 0. The van der Waals surface area contributed by atoms with Crippen molar-refractivity contribution in [2.24, 2.45) is 5.92 Å². The Bertz CT molecular complexity index is 103. The molecule has 0 aliphatic carbocycles. The quantitative estimate of drug-likeness (QED) is 0.416. The molecule has 0 N–H and O–H groups in total. The molecule has 0 amide bonds. The molecule has 0 spiro atoms. The lowest BCUT2D eigenvalue weighted by Gasteiger charge is -1.99. The first-order valence-electron chi connectivity index (χ1n) is 3.57. The van der Waals surface area contributed by atoms with E-state index in [1.165, 1.54) is 6.42 Å². The topological polar surface area (TPSA) is 12.5 Å². The average molecular weight is 126 g/mol. The summed E-state index contributed by atoms with van der Waals surface area (Å²) in [6, 6.07) is 0. The summed E-state index contributed by atoms with van der Waals surface area (Å²) in [6.07, 6.45) is 6.11. The number of hydrogen-bond acceptors (Lipinski definition) is 1. The zero-order valence-electron chi connectivity index (χ0n) is 6.13. The summed E-state index contributed by atoms with van der Waals surface area (Å²) in [5, 5.41) is 0. The van der Waals surface area contributed by atoms with Crippen LogP contribution >= 0.6 is 0 Å². The van der Waals surface area contributed by atoms with Crippen molar-refractivity contribution in [3.8, 4) is 0 Å². The van der Waals surface area contributed by atoms with Crippen molar-refractivity contribution < 1.29 is 4.74 Å². The van der Waals surface area contributed by atoms with Crippen LogP contribution in [0.5, 0.6) is 0 Å². The van der Waals surface area contributed by atoms with E-state index in [9.17, 15) is 0 Å². The summed E-state index contributed by atoms with van der Waals surface area (Å²) in [5.41, 5.74) is 0. The van der Waals surface area contributed by atoms with E-state index in [1.807, 2.05) is 0 Å². The monoisotopic (exact) mass is 126 g/mol. The van der Waals surface area contributed by atoms with Gasteiger partial charge in [-0.1, -0.05) is 19.1 Å². The minimum absolute atomic E-state index is 0.580. The van der Waals surface area contributed by atoms with Crippen LogP contribution in [0.3, 0.4) is 0 Å². The normalized spacial score (nSPS) is 28.9. The maximum absolute atomic E-state index is 5.09. The van der Waals surface area contributed by atoms with Crippen molar-refractivity contribution >= 4 is 0 Å². The van der Waals surface area contributed by atoms with Gasteiger partial charge < -0.3 is 4.74 Å². The van der Waals surface area contributed by atoms with E-state index in [1.54, 1.807) is 0 Å². The van der Waals surface area contributed by atoms with Gasteiger partial charge >= 0.3 is 0 Å².